The van der Waals surface area contributed by atoms with Gasteiger partial charge in [-0.05, 0) is 19.5 Å². The van der Waals surface area contributed by atoms with Crippen molar-refractivity contribution < 1.29 is 4.74 Å². The summed E-state index contributed by atoms with van der Waals surface area (Å²) in [7, 11) is 1.93. The highest BCUT2D eigenvalue weighted by Gasteiger charge is 2.04. The Hall–Kier alpha value is -1.28. The van der Waals surface area contributed by atoms with Crippen molar-refractivity contribution in [3.8, 4) is 0 Å². The van der Waals surface area contributed by atoms with Gasteiger partial charge in [0, 0.05) is 12.1 Å². The standard InChI is InChI=1S/C12H17NO/c1-4-14-10(2)12-8-6-5-7-11(12)9-13-3/h5-8,13H,2,4,9H2,1,3H3. The monoisotopic (exact) mass is 191 g/mol. The Morgan fingerprint density at radius 1 is 1.43 bits per heavy atom. The number of nitrogens with one attached hydrogen (secondary N) is 1. The zero-order chi connectivity index (χ0) is 10.4. The van der Waals surface area contributed by atoms with Gasteiger partial charge >= 0.3 is 0 Å². The molecule has 0 spiro atoms. The summed E-state index contributed by atoms with van der Waals surface area (Å²) in [6.45, 7) is 7.37. The molecule has 0 saturated heterocycles. The summed E-state index contributed by atoms with van der Waals surface area (Å²) in [5, 5.41) is 3.12. The molecule has 14 heavy (non-hydrogen) atoms. The molecule has 1 rings (SSSR count). The van der Waals surface area contributed by atoms with E-state index in [1.807, 2.05) is 32.2 Å². The van der Waals surface area contributed by atoms with Crippen LogP contribution in [0.15, 0.2) is 30.8 Å². The predicted octanol–water partition coefficient (Wildman–Crippen LogP) is 2.41. The van der Waals surface area contributed by atoms with Gasteiger partial charge in [-0.1, -0.05) is 30.8 Å². The molecule has 2 nitrogen and oxygen atoms in total. The van der Waals surface area contributed by atoms with E-state index in [0.717, 1.165) is 17.9 Å². The smallest absolute Gasteiger partial charge is 0.119 e. The fourth-order valence-corrected chi connectivity index (χ4v) is 1.39. The van der Waals surface area contributed by atoms with Gasteiger partial charge in [0.15, 0.2) is 0 Å². The Bertz CT molecular complexity index is 307. The molecular weight excluding hydrogens is 174 g/mol. The maximum Gasteiger partial charge on any atom is 0.119 e. The van der Waals surface area contributed by atoms with Crippen molar-refractivity contribution in [2.24, 2.45) is 0 Å². The predicted molar refractivity (Wildman–Crippen MR) is 59.9 cm³/mol. The van der Waals surface area contributed by atoms with E-state index in [-0.39, 0.29) is 0 Å². The van der Waals surface area contributed by atoms with E-state index >= 15 is 0 Å². The highest BCUT2D eigenvalue weighted by molar-refractivity contribution is 5.60. The van der Waals surface area contributed by atoms with Crippen LogP contribution in [0.3, 0.4) is 0 Å². The largest absolute Gasteiger partial charge is 0.494 e. The lowest BCUT2D eigenvalue weighted by molar-refractivity contribution is 0.299. The Morgan fingerprint density at radius 2 is 2.14 bits per heavy atom. The highest BCUT2D eigenvalue weighted by atomic mass is 16.5. The fraction of sp³-hybridized carbons (Fsp3) is 0.333. The average molecular weight is 191 g/mol. The maximum atomic E-state index is 5.39. The molecule has 2 heteroatoms. The lowest BCUT2D eigenvalue weighted by Crippen LogP contribution is -2.07. The van der Waals surface area contributed by atoms with Gasteiger partial charge in [-0.2, -0.15) is 0 Å². The molecule has 0 aliphatic rings. The van der Waals surface area contributed by atoms with Crippen LogP contribution in [0.2, 0.25) is 0 Å². The van der Waals surface area contributed by atoms with Crippen molar-refractivity contribution in [3.05, 3.63) is 42.0 Å². The second-order valence-electron chi connectivity index (χ2n) is 3.04. The van der Waals surface area contributed by atoms with Gasteiger partial charge < -0.3 is 10.1 Å². The number of rotatable bonds is 5. The first-order valence-electron chi connectivity index (χ1n) is 4.84. The Balaban J connectivity index is 2.88. The van der Waals surface area contributed by atoms with Gasteiger partial charge in [-0.3, -0.25) is 0 Å². The summed E-state index contributed by atoms with van der Waals surface area (Å²) in [6, 6.07) is 8.13. The molecule has 0 saturated carbocycles. The zero-order valence-corrected chi connectivity index (χ0v) is 8.84. The van der Waals surface area contributed by atoms with Gasteiger partial charge in [0.25, 0.3) is 0 Å². The zero-order valence-electron chi connectivity index (χ0n) is 8.84. The van der Waals surface area contributed by atoms with Crippen LogP contribution in [0, 0.1) is 0 Å². The lowest BCUT2D eigenvalue weighted by Gasteiger charge is -2.11. The normalized spacial score (nSPS) is 9.86. The van der Waals surface area contributed by atoms with E-state index < -0.39 is 0 Å². The molecule has 0 heterocycles. The summed E-state index contributed by atoms with van der Waals surface area (Å²) in [5.74, 6) is 0.748. The Kier molecular flexibility index (Phi) is 4.20. The minimum absolute atomic E-state index is 0.659. The molecule has 1 aromatic carbocycles. The summed E-state index contributed by atoms with van der Waals surface area (Å²) in [4.78, 5) is 0. The van der Waals surface area contributed by atoms with E-state index in [9.17, 15) is 0 Å². The lowest BCUT2D eigenvalue weighted by atomic mass is 10.1. The third-order valence-corrected chi connectivity index (χ3v) is 2.00. The molecule has 1 N–H and O–H groups in total. The van der Waals surface area contributed by atoms with Crippen molar-refractivity contribution in [2.45, 2.75) is 13.5 Å². The second-order valence-corrected chi connectivity index (χ2v) is 3.04. The van der Waals surface area contributed by atoms with Crippen LogP contribution in [0.5, 0.6) is 0 Å². The SMILES string of the molecule is C=C(OCC)c1ccccc1CNC. The van der Waals surface area contributed by atoms with Gasteiger partial charge in [-0.15, -0.1) is 0 Å². The van der Waals surface area contributed by atoms with Crippen LogP contribution >= 0.6 is 0 Å². The van der Waals surface area contributed by atoms with Crippen molar-refractivity contribution >= 4 is 5.76 Å². The first kappa shape index (κ1) is 10.8. The average Bonchev–Trinajstić information content (AvgIpc) is 2.19. The first-order valence-corrected chi connectivity index (χ1v) is 4.84. The number of hydrogen-bond acceptors (Lipinski definition) is 2. The minimum atomic E-state index is 0.659. The molecule has 0 atom stereocenters. The second kappa shape index (κ2) is 5.45. The van der Waals surface area contributed by atoms with Crippen molar-refractivity contribution in [2.75, 3.05) is 13.7 Å². The molecule has 0 radical (unpaired) electrons. The first-order chi connectivity index (χ1) is 6.79. The van der Waals surface area contributed by atoms with Crippen LogP contribution in [0.1, 0.15) is 18.1 Å². The molecule has 0 aromatic heterocycles. The van der Waals surface area contributed by atoms with Crippen LogP contribution in [-0.4, -0.2) is 13.7 Å². The van der Waals surface area contributed by atoms with Crippen molar-refractivity contribution in [1.82, 2.24) is 5.32 Å². The van der Waals surface area contributed by atoms with E-state index in [1.54, 1.807) is 0 Å². The summed E-state index contributed by atoms with van der Waals surface area (Å²) < 4.78 is 5.39. The van der Waals surface area contributed by atoms with Gasteiger partial charge in [0.1, 0.15) is 5.76 Å². The quantitative estimate of drug-likeness (QED) is 0.722. The highest BCUT2D eigenvalue weighted by Crippen LogP contribution is 2.18. The molecule has 0 unspecified atom stereocenters. The van der Waals surface area contributed by atoms with Crippen LogP contribution in [0.25, 0.3) is 5.76 Å². The van der Waals surface area contributed by atoms with Gasteiger partial charge in [0.2, 0.25) is 0 Å². The molecule has 0 aliphatic carbocycles. The third-order valence-electron chi connectivity index (χ3n) is 2.00. The number of benzene rings is 1. The maximum absolute atomic E-state index is 5.39. The van der Waals surface area contributed by atoms with E-state index in [2.05, 4.69) is 18.0 Å². The molecule has 1 aromatic rings. The van der Waals surface area contributed by atoms with E-state index in [1.165, 1.54) is 5.56 Å². The van der Waals surface area contributed by atoms with Crippen LogP contribution in [0.4, 0.5) is 0 Å². The summed E-state index contributed by atoms with van der Waals surface area (Å²) in [6.07, 6.45) is 0. The van der Waals surface area contributed by atoms with Gasteiger partial charge in [-0.25, -0.2) is 0 Å². The van der Waals surface area contributed by atoms with E-state index in [4.69, 9.17) is 4.74 Å². The third kappa shape index (κ3) is 2.60. The van der Waals surface area contributed by atoms with Crippen molar-refractivity contribution in [3.63, 3.8) is 0 Å². The Labute approximate surface area is 85.6 Å². The molecule has 0 fully saturated rings. The number of hydrogen-bond donors (Lipinski definition) is 1. The minimum Gasteiger partial charge on any atom is -0.494 e. The summed E-state index contributed by atoms with van der Waals surface area (Å²) in [5.41, 5.74) is 2.30. The molecular formula is C12H17NO. The molecule has 0 amide bonds. The molecule has 0 aliphatic heterocycles. The van der Waals surface area contributed by atoms with Crippen LogP contribution in [-0.2, 0) is 11.3 Å². The molecule has 76 valence electrons. The topological polar surface area (TPSA) is 21.3 Å². The van der Waals surface area contributed by atoms with E-state index in [0.29, 0.717) is 6.61 Å². The summed E-state index contributed by atoms with van der Waals surface area (Å²) >= 11 is 0. The Morgan fingerprint density at radius 3 is 2.79 bits per heavy atom. The van der Waals surface area contributed by atoms with Gasteiger partial charge in [0.05, 0.1) is 6.61 Å². The van der Waals surface area contributed by atoms with Crippen molar-refractivity contribution in [1.29, 1.82) is 0 Å². The fourth-order valence-electron chi connectivity index (χ4n) is 1.39. The number of ether oxygens (including phenoxy) is 1. The molecule has 0 bridgehead atoms. The van der Waals surface area contributed by atoms with Crippen LogP contribution < -0.4 is 5.32 Å².